The zero-order chi connectivity index (χ0) is 15.7. The molecule has 0 heterocycles. The molecule has 2 unspecified atom stereocenters. The van der Waals surface area contributed by atoms with Crippen molar-refractivity contribution in [1.82, 2.24) is 5.32 Å². The highest BCUT2D eigenvalue weighted by Crippen LogP contribution is 2.19. The third-order valence-electron chi connectivity index (χ3n) is 3.78. The lowest BCUT2D eigenvalue weighted by Crippen LogP contribution is -2.28. The number of ether oxygens (including phenoxy) is 1. The Bertz CT molecular complexity index is 372. The Morgan fingerprint density at radius 2 is 1.62 bits per heavy atom. The second-order valence-corrected chi connectivity index (χ2v) is 6.37. The molecule has 0 radical (unpaired) electrons. The van der Waals surface area contributed by atoms with E-state index < -0.39 is 0 Å². The highest BCUT2D eigenvalue weighted by atomic mass is 16.5. The molecule has 120 valence electrons. The van der Waals surface area contributed by atoms with Gasteiger partial charge in [-0.2, -0.15) is 0 Å². The highest BCUT2D eigenvalue weighted by molar-refractivity contribution is 5.29. The third kappa shape index (κ3) is 7.52. The van der Waals surface area contributed by atoms with E-state index in [0.717, 1.165) is 5.75 Å². The van der Waals surface area contributed by atoms with Crippen molar-refractivity contribution in [2.24, 2.45) is 0 Å². The molecule has 0 aliphatic rings. The second-order valence-electron chi connectivity index (χ2n) is 6.37. The minimum absolute atomic E-state index is 0.231. The smallest absolute Gasteiger partial charge is 0.119 e. The Morgan fingerprint density at radius 3 is 2.19 bits per heavy atom. The highest BCUT2D eigenvalue weighted by Gasteiger charge is 2.09. The van der Waals surface area contributed by atoms with Gasteiger partial charge < -0.3 is 10.1 Å². The normalized spacial score (nSPS) is 14.2. The minimum Gasteiger partial charge on any atom is -0.491 e. The van der Waals surface area contributed by atoms with E-state index in [1.165, 1.54) is 37.7 Å². The summed E-state index contributed by atoms with van der Waals surface area (Å²) in [6, 6.07) is 9.43. The van der Waals surface area contributed by atoms with E-state index in [9.17, 15) is 0 Å². The van der Waals surface area contributed by atoms with Crippen LogP contribution in [0.5, 0.6) is 5.75 Å². The van der Waals surface area contributed by atoms with Crippen molar-refractivity contribution < 1.29 is 4.74 Å². The Hall–Kier alpha value is -1.02. The predicted octanol–water partition coefficient (Wildman–Crippen LogP) is 5.48. The van der Waals surface area contributed by atoms with Gasteiger partial charge in [0.2, 0.25) is 0 Å². The van der Waals surface area contributed by atoms with Crippen LogP contribution >= 0.6 is 0 Å². The van der Waals surface area contributed by atoms with E-state index in [-0.39, 0.29) is 6.10 Å². The average Bonchev–Trinajstić information content (AvgIpc) is 2.43. The fraction of sp³-hybridized carbons (Fsp3) is 0.684. The summed E-state index contributed by atoms with van der Waals surface area (Å²) in [5.74, 6) is 0.952. The molecule has 0 saturated carbocycles. The zero-order valence-corrected chi connectivity index (χ0v) is 14.5. The van der Waals surface area contributed by atoms with Crippen LogP contribution in [0.1, 0.15) is 78.3 Å². The SMILES string of the molecule is CCCCCCC(C)NC(C)c1ccc(OC(C)C)cc1. The first-order valence-electron chi connectivity index (χ1n) is 8.55. The van der Waals surface area contributed by atoms with E-state index in [0.29, 0.717) is 12.1 Å². The monoisotopic (exact) mass is 291 g/mol. The number of rotatable bonds is 10. The van der Waals surface area contributed by atoms with E-state index in [2.05, 4.69) is 64.2 Å². The molecule has 0 fully saturated rings. The molecule has 0 aliphatic heterocycles. The van der Waals surface area contributed by atoms with Crippen molar-refractivity contribution in [3.8, 4) is 5.75 Å². The first-order chi connectivity index (χ1) is 10.0. The molecule has 1 aromatic rings. The molecule has 0 bridgehead atoms. The largest absolute Gasteiger partial charge is 0.491 e. The molecule has 0 aromatic heterocycles. The summed E-state index contributed by atoms with van der Waals surface area (Å²) in [7, 11) is 0. The Balaban J connectivity index is 2.38. The lowest BCUT2D eigenvalue weighted by atomic mass is 10.0. The minimum atomic E-state index is 0.231. The molecule has 1 rings (SSSR count). The van der Waals surface area contributed by atoms with Gasteiger partial charge in [0, 0.05) is 12.1 Å². The van der Waals surface area contributed by atoms with Crippen molar-refractivity contribution in [3.05, 3.63) is 29.8 Å². The van der Waals surface area contributed by atoms with Gasteiger partial charge in [0.15, 0.2) is 0 Å². The molecule has 2 heteroatoms. The molecule has 0 aliphatic carbocycles. The fourth-order valence-corrected chi connectivity index (χ4v) is 2.59. The molecular weight excluding hydrogens is 258 g/mol. The van der Waals surface area contributed by atoms with Crippen LogP contribution in [-0.4, -0.2) is 12.1 Å². The van der Waals surface area contributed by atoms with Crippen molar-refractivity contribution in [3.63, 3.8) is 0 Å². The number of hydrogen-bond acceptors (Lipinski definition) is 2. The van der Waals surface area contributed by atoms with E-state index in [4.69, 9.17) is 4.74 Å². The van der Waals surface area contributed by atoms with Crippen LogP contribution in [-0.2, 0) is 0 Å². The van der Waals surface area contributed by atoms with Gasteiger partial charge in [-0.1, -0.05) is 44.7 Å². The van der Waals surface area contributed by atoms with Crippen molar-refractivity contribution >= 4 is 0 Å². The maximum Gasteiger partial charge on any atom is 0.119 e. The summed E-state index contributed by atoms with van der Waals surface area (Å²) in [6.45, 7) is 10.9. The van der Waals surface area contributed by atoms with Crippen LogP contribution in [0.25, 0.3) is 0 Å². The van der Waals surface area contributed by atoms with Crippen molar-refractivity contribution in [1.29, 1.82) is 0 Å². The predicted molar refractivity (Wildman–Crippen MR) is 92.0 cm³/mol. The fourth-order valence-electron chi connectivity index (χ4n) is 2.59. The van der Waals surface area contributed by atoms with Crippen molar-refractivity contribution in [2.75, 3.05) is 0 Å². The Kier molecular flexibility index (Phi) is 8.44. The van der Waals surface area contributed by atoms with Crippen LogP contribution in [0.4, 0.5) is 0 Å². The summed E-state index contributed by atoms with van der Waals surface area (Å²) in [5.41, 5.74) is 1.33. The summed E-state index contributed by atoms with van der Waals surface area (Å²) < 4.78 is 5.69. The topological polar surface area (TPSA) is 21.3 Å². The van der Waals surface area contributed by atoms with Gasteiger partial charge in [-0.15, -0.1) is 0 Å². The van der Waals surface area contributed by atoms with Gasteiger partial charge in [-0.05, 0) is 51.8 Å². The summed E-state index contributed by atoms with van der Waals surface area (Å²) >= 11 is 0. The zero-order valence-electron chi connectivity index (χ0n) is 14.5. The summed E-state index contributed by atoms with van der Waals surface area (Å²) in [5, 5.41) is 3.69. The van der Waals surface area contributed by atoms with Crippen LogP contribution < -0.4 is 10.1 Å². The standard InChI is InChI=1S/C19H33NO/c1-6-7-8-9-10-16(4)20-17(5)18-11-13-19(14-12-18)21-15(2)3/h11-17,20H,6-10H2,1-5H3. The van der Waals surface area contributed by atoms with E-state index >= 15 is 0 Å². The van der Waals surface area contributed by atoms with Gasteiger partial charge in [-0.3, -0.25) is 0 Å². The summed E-state index contributed by atoms with van der Waals surface area (Å²) in [4.78, 5) is 0. The quantitative estimate of drug-likeness (QED) is 0.576. The van der Waals surface area contributed by atoms with Crippen LogP contribution in [0, 0.1) is 0 Å². The number of nitrogens with one attached hydrogen (secondary N) is 1. The van der Waals surface area contributed by atoms with Gasteiger partial charge >= 0.3 is 0 Å². The van der Waals surface area contributed by atoms with Gasteiger partial charge in [0.1, 0.15) is 5.75 Å². The Morgan fingerprint density at radius 1 is 0.952 bits per heavy atom. The maximum atomic E-state index is 5.69. The maximum absolute atomic E-state index is 5.69. The molecule has 0 saturated heterocycles. The molecule has 0 amide bonds. The molecule has 21 heavy (non-hydrogen) atoms. The second kappa shape index (κ2) is 9.83. The lowest BCUT2D eigenvalue weighted by Gasteiger charge is -2.21. The Labute approximate surface area is 131 Å². The first-order valence-corrected chi connectivity index (χ1v) is 8.55. The molecule has 1 N–H and O–H groups in total. The number of unbranched alkanes of at least 4 members (excludes halogenated alkanes) is 3. The van der Waals surface area contributed by atoms with Crippen LogP contribution in [0.2, 0.25) is 0 Å². The van der Waals surface area contributed by atoms with E-state index in [1.807, 2.05) is 0 Å². The van der Waals surface area contributed by atoms with Gasteiger partial charge in [0.05, 0.1) is 6.10 Å². The molecule has 2 atom stereocenters. The number of benzene rings is 1. The number of hydrogen-bond donors (Lipinski definition) is 1. The molecule has 0 spiro atoms. The van der Waals surface area contributed by atoms with E-state index in [1.54, 1.807) is 0 Å². The summed E-state index contributed by atoms with van der Waals surface area (Å²) in [6.07, 6.45) is 6.85. The average molecular weight is 291 g/mol. The van der Waals surface area contributed by atoms with Crippen LogP contribution in [0.3, 0.4) is 0 Å². The van der Waals surface area contributed by atoms with Gasteiger partial charge in [0.25, 0.3) is 0 Å². The third-order valence-corrected chi connectivity index (χ3v) is 3.78. The molecular formula is C19H33NO. The van der Waals surface area contributed by atoms with Gasteiger partial charge in [-0.25, -0.2) is 0 Å². The first kappa shape index (κ1) is 18.0. The molecule has 1 aromatic carbocycles. The van der Waals surface area contributed by atoms with Crippen molar-refractivity contribution in [2.45, 2.75) is 84.9 Å². The van der Waals surface area contributed by atoms with Crippen LogP contribution in [0.15, 0.2) is 24.3 Å². The molecule has 2 nitrogen and oxygen atoms in total. The lowest BCUT2D eigenvalue weighted by molar-refractivity contribution is 0.242.